The quantitative estimate of drug-likeness (QED) is 0.873. The third-order valence-electron chi connectivity index (χ3n) is 3.80. The molecule has 0 saturated heterocycles. The molecule has 0 aliphatic carbocycles. The maximum Gasteiger partial charge on any atom is 0.339 e. The Morgan fingerprint density at radius 1 is 1.30 bits per heavy atom. The van der Waals surface area contributed by atoms with E-state index in [4.69, 9.17) is 21.1 Å². The highest BCUT2D eigenvalue weighted by Gasteiger charge is 2.26. The standard InChI is InChI=1S/C16H14ClNO5/c1-22-16(21)12-7-13(18-4-5-23-8-14(12)18)11-6-9(17)2-3-10(11)15(19)20/h2-3,6-7H,4-5,8H2,1H3,(H,19,20). The van der Waals surface area contributed by atoms with Crippen LogP contribution in [0.15, 0.2) is 24.3 Å². The molecule has 0 fully saturated rings. The van der Waals surface area contributed by atoms with Crippen molar-refractivity contribution < 1.29 is 24.2 Å². The number of hydrogen-bond acceptors (Lipinski definition) is 4. The molecule has 0 radical (unpaired) electrons. The summed E-state index contributed by atoms with van der Waals surface area (Å²) in [6.07, 6.45) is 0. The van der Waals surface area contributed by atoms with Crippen molar-refractivity contribution >= 4 is 23.5 Å². The predicted molar refractivity (Wildman–Crippen MR) is 82.8 cm³/mol. The molecule has 2 aromatic rings. The van der Waals surface area contributed by atoms with E-state index in [2.05, 4.69) is 0 Å². The van der Waals surface area contributed by atoms with Gasteiger partial charge < -0.3 is 19.1 Å². The summed E-state index contributed by atoms with van der Waals surface area (Å²) in [7, 11) is 1.30. The molecule has 0 spiro atoms. The zero-order valence-corrected chi connectivity index (χ0v) is 13.1. The molecule has 23 heavy (non-hydrogen) atoms. The number of hydrogen-bond donors (Lipinski definition) is 1. The van der Waals surface area contributed by atoms with Crippen LogP contribution in [-0.4, -0.2) is 35.3 Å². The SMILES string of the molecule is COC(=O)c1cc(-c2cc(Cl)ccc2C(=O)O)n2c1COCC2. The number of carboxylic acids is 1. The minimum Gasteiger partial charge on any atom is -0.478 e. The number of carboxylic acid groups (broad SMARTS) is 1. The summed E-state index contributed by atoms with van der Waals surface area (Å²) < 4.78 is 12.1. The first-order chi connectivity index (χ1) is 11.0. The lowest BCUT2D eigenvalue weighted by atomic mass is 10.0. The van der Waals surface area contributed by atoms with E-state index in [-0.39, 0.29) is 12.2 Å². The number of nitrogens with zero attached hydrogens (tertiary/aromatic N) is 1. The second-order valence-electron chi connectivity index (χ2n) is 5.08. The Labute approximate surface area is 137 Å². The lowest BCUT2D eigenvalue weighted by Crippen LogP contribution is -2.19. The van der Waals surface area contributed by atoms with E-state index in [1.807, 2.05) is 4.57 Å². The van der Waals surface area contributed by atoms with Gasteiger partial charge in [0.2, 0.25) is 0 Å². The van der Waals surface area contributed by atoms with Crippen molar-refractivity contribution in [2.75, 3.05) is 13.7 Å². The van der Waals surface area contributed by atoms with Crippen molar-refractivity contribution in [3.63, 3.8) is 0 Å². The Hall–Kier alpha value is -2.31. The lowest BCUT2D eigenvalue weighted by molar-refractivity contribution is 0.0574. The first-order valence-corrected chi connectivity index (χ1v) is 7.32. The zero-order valence-electron chi connectivity index (χ0n) is 12.3. The van der Waals surface area contributed by atoms with E-state index >= 15 is 0 Å². The fourth-order valence-electron chi connectivity index (χ4n) is 2.75. The summed E-state index contributed by atoms with van der Waals surface area (Å²) in [5.41, 5.74) is 2.25. The maximum absolute atomic E-state index is 12.0. The molecule has 0 bridgehead atoms. The van der Waals surface area contributed by atoms with Gasteiger partial charge in [-0.15, -0.1) is 0 Å². The predicted octanol–water partition coefficient (Wildman–Crippen LogP) is 2.82. The van der Waals surface area contributed by atoms with Crippen molar-refractivity contribution in [2.24, 2.45) is 0 Å². The number of carbonyl (C=O) groups excluding carboxylic acids is 1. The minimum absolute atomic E-state index is 0.123. The molecular formula is C16H14ClNO5. The molecule has 120 valence electrons. The Morgan fingerprint density at radius 2 is 2.09 bits per heavy atom. The Bertz CT molecular complexity index is 796. The smallest absolute Gasteiger partial charge is 0.339 e. The molecule has 0 unspecified atom stereocenters. The molecule has 1 aliphatic rings. The number of aromatic carboxylic acids is 1. The van der Waals surface area contributed by atoms with Crippen LogP contribution in [0.1, 0.15) is 26.4 Å². The maximum atomic E-state index is 12.0. The van der Waals surface area contributed by atoms with Gasteiger partial charge >= 0.3 is 11.9 Å². The topological polar surface area (TPSA) is 77.8 Å². The average Bonchev–Trinajstić information content (AvgIpc) is 2.93. The van der Waals surface area contributed by atoms with Crippen molar-refractivity contribution in [2.45, 2.75) is 13.2 Å². The molecule has 1 aromatic carbocycles. The van der Waals surface area contributed by atoms with E-state index in [1.165, 1.54) is 19.2 Å². The number of aromatic nitrogens is 1. The number of halogens is 1. The summed E-state index contributed by atoms with van der Waals surface area (Å²) in [4.78, 5) is 23.5. The second kappa shape index (κ2) is 6.06. The van der Waals surface area contributed by atoms with Gasteiger partial charge in [0.1, 0.15) is 0 Å². The molecule has 0 amide bonds. The summed E-state index contributed by atoms with van der Waals surface area (Å²) in [6.45, 7) is 1.28. The summed E-state index contributed by atoms with van der Waals surface area (Å²) in [5.74, 6) is -1.54. The number of fused-ring (bicyclic) bond motifs is 1. The Morgan fingerprint density at radius 3 is 2.78 bits per heavy atom. The van der Waals surface area contributed by atoms with E-state index < -0.39 is 11.9 Å². The monoisotopic (exact) mass is 335 g/mol. The Balaban J connectivity index is 2.25. The van der Waals surface area contributed by atoms with Crippen LogP contribution in [0.5, 0.6) is 0 Å². The van der Waals surface area contributed by atoms with Gasteiger partial charge in [-0.1, -0.05) is 11.6 Å². The zero-order chi connectivity index (χ0) is 16.6. The first-order valence-electron chi connectivity index (χ1n) is 6.94. The van der Waals surface area contributed by atoms with Crippen LogP contribution in [0.4, 0.5) is 0 Å². The lowest BCUT2D eigenvalue weighted by Gasteiger charge is -2.20. The van der Waals surface area contributed by atoms with Crippen molar-refractivity contribution in [3.05, 3.63) is 46.1 Å². The molecule has 1 aromatic heterocycles. The van der Waals surface area contributed by atoms with Crippen molar-refractivity contribution in [3.8, 4) is 11.3 Å². The van der Waals surface area contributed by atoms with E-state index in [9.17, 15) is 14.7 Å². The van der Waals surface area contributed by atoms with Gasteiger partial charge in [-0.2, -0.15) is 0 Å². The third-order valence-corrected chi connectivity index (χ3v) is 4.03. The van der Waals surface area contributed by atoms with Gasteiger partial charge in [0, 0.05) is 17.1 Å². The highest BCUT2D eigenvalue weighted by atomic mass is 35.5. The van der Waals surface area contributed by atoms with Crippen LogP contribution in [-0.2, 0) is 22.6 Å². The number of esters is 1. The molecule has 2 heterocycles. The summed E-state index contributed by atoms with van der Waals surface area (Å²) in [6, 6.07) is 6.20. The summed E-state index contributed by atoms with van der Waals surface area (Å²) >= 11 is 6.03. The molecule has 3 rings (SSSR count). The van der Waals surface area contributed by atoms with Crippen LogP contribution in [0.2, 0.25) is 5.02 Å². The fraction of sp³-hybridized carbons (Fsp3) is 0.250. The Kier molecular flexibility index (Phi) is 4.11. The van der Waals surface area contributed by atoms with Gasteiger partial charge in [-0.3, -0.25) is 0 Å². The highest BCUT2D eigenvalue weighted by Crippen LogP contribution is 2.33. The number of benzene rings is 1. The normalized spacial score (nSPS) is 13.5. The molecule has 0 saturated carbocycles. The fourth-order valence-corrected chi connectivity index (χ4v) is 2.92. The van der Waals surface area contributed by atoms with Crippen molar-refractivity contribution in [1.29, 1.82) is 0 Å². The minimum atomic E-state index is -1.06. The van der Waals surface area contributed by atoms with Gasteiger partial charge in [0.15, 0.2) is 0 Å². The third kappa shape index (κ3) is 2.71. The van der Waals surface area contributed by atoms with Crippen LogP contribution < -0.4 is 0 Å². The molecule has 7 heteroatoms. The van der Waals surface area contributed by atoms with Gasteiger partial charge in [0.05, 0.1) is 42.8 Å². The van der Waals surface area contributed by atoms with Crippen molar-refractivity contribution in [1.82, 2.24) is 4.57 Å². The number of carbonyl (C=O) groups is 2. The first kappa shape index (κ1) is 15.6. The van der Waals surface area contributed by atoms with Crippen LogP contribution in [0, 0.1) is 0 Å². The number of ether oxygens (including phenoxy) is 2. The molecule has 1 aliphatic heterocycles. The second-order valence-corrected chi connectivity index (χ2v) is 5.52. The highest BCUT2D eigenvalue weighted by molar-refractivity contribution is 6.31. The van der Waals surface area contributed by atoms with Crippen LogP contribution >= 0.6 is 11.6 Å². The number of rotatable bonds is 3. The van der Waals surface area contributed by atoms with Gasteiger partial charge in [-0.05, 0) is 24.3 Å². The van der Waals surface area contributed by atoms with E-state index in [1.54, 1.807) is 12.1 Å². The average molecular weight is 336 g/mol. The molecule has 1 N–H and O–H groups in total. The molecule has 0 atom stereocenters. The largest absolute Gasteiger partial charge is 0.478 e. The molecular weight excluding hydrogens is 322 g/mol. The van der Waals surface area contributed by atoms with Crippen LogP contribution in [0.3, 0.4) is 0 Å². The molecule has 6 nitrogen and oxygen atoms in total. The summed E-state index contributed by atoms with van der Waals surface area (Å²) in [5, 5.41) is 9.84. The van der Waals surface area contributed by atoms with E-state index in [0.29, 0.717) is 40.7 Å². The van der Waals surface area contributed by atoms with Gasteiger partial charge in [0.25, 0.3) is 0 Å². The number of methoxy groups -OCH3 is 1. The van der Waals surface area contributed by atoms with Crippen LogP contribution in [0.25, 0.3) is 11.3 Å². The van der Waals surface area contributed by atoms with E-state index in [0.717, 1.165) is 0 Å². The van der Waals surface area contributed by atoms with Gasteiger partial charge in [-0.25, -0.2) is 9.59 Å².